The molecule has 0 spiro atoms. The molecule has 1 amide bonds. The van der Waals surface area contributed by atoms with Crippen LogP contribution in [0.5, 0.6) is 0 Å². The molecule has 0 atom stereocenters. The number of carbonyl (C=O) groups is 1. The lowest BCUT2D eigenvalue weighted by Gasteiger charge is -2.27. The van der Waals surface area contributed by atoms with Crippen LogP contribution >= 0.6 is 15.9 Å². The van der Waals surface area contributed by atoms with Crippen molar-refractivity contribution in [1.29, 1.82) is 0 Å². The van der Waals surface area contributed by atoms with Gasteiger partial charge in [0.05, 0.1) is 11.3 Å². The normalized spacial score (nSPS) is 16.2. The van der Waals surface area contributed by atoms with Gasteiger partial charge in [0, 0.05) is 30.7 Å². The van der Waals surface area contributed by atoms with Crippen LogP contribution in [0.25, 0.3) is 0 Å². The molecule has 3 N–H and O–H groups in total. The summed E-state index contributed by atoms with van der Waals surface area (Å²) in [5, 5.41) is 3.21. The number of anilines is 1. The third-order valence-electron chi connectivity index (χ3n) is 2.69. The number of carbonyl (C=O) groups excluding carboxylic acids is 1. The Balaban J connectivity index is 2.22. The van der Waals surface area contributed by atoms with E-state index < -0.39 is 0 Å². The molecule has 1 aliphatic rings. The maximum Gasteiger partial charge on any atom is 0.256 e. The number of nitrogens with two attached hydrogens (primary N) is 1. The summed E-state index contributed by atoms with van der Waals surface area (Å²) in [6, 6.07) is 5.43. The van der Waals surface area contributed by atoms with Gasteiger partial charge in [-0.3, -0.25) is 4.79 Å². The maximum atomic E-state index is 12.2. The lowest BCUT2D eigenvalue weighted by atomic mass is 10.1. The fourth-order valence-electron chi connectivity index (χ4n) is 1.76. The Hall–Kier alpha value is -1.07. The van der Waals surface area contributed by atoms with Gasteiger partial charge >= 0.3 is 0 Å². The van der Waals surface area contributed by atoms with Crippen molar-refractivity contribution >= 4 is 27.5 Å². The van der Waals surface area contributed by atoms with Crippen molar-refractivity contribution in [3.8, 4) is 0 Å². The van der Waals surface area contributed by atoms with Crippen molar-refractivity contribution < 1.29 is 4.79 Å². The van der Waals surface area contributed by atoms with Gasteiger partial charge in [-0.2, -0.15) is 0 Å². The first-order valence-electron chi connectivity index (χ1n) is 5.24. The van der Waals surface area contributed by atoms with E-state index in [1.165, 1.54) is 0 Å². The van der Waals surface area contributed by atoms with Gasteiger partial charge in [-0.15, -0.1) is 0 Å². The lowest BCUT2D eigenvalue weighted by Crippen LogP contribution is -2.46. The van der Waals surface area contributed by atoms with Crippen LogP contribution in [0, 0.1) is 0 Å². The van der Waals surface area contributed by atoms with Gasteiger partial charge < -0.3 is 16.0 Å². The van der Waals surface area contributed by atoms with E-state index in [-0.39, 0.29) is 5.91 Å². The lowest BCUT2D eigenvalue weighted by molar-refractivity contribution is 0.0737. The summed E-state index contributed by atoms with van der Waals surface area (Å²) in [6.45, 7) is 3.18. The van der Waals surface area contributed by atoms with Gasteiger partial charge in [-0.25, -0.2) is 0 Å². The molecule has 1 aliphatic heterocycles. The topological polar surface area (TPSA) is 58.4 Å². The summed E-state index contributed by atoms with van der Waals surface area (Å²) >= 11 is 3.33. The minimum Gasteiger partial charge on any atom is -0.397 e. The van der Waals surface area contributed by atoms with Crippen molar-refractivity contribution in [1.82, 2.24) is 10.2 Å². The standard InChI is InChI=1S/C11H14BrN3O/c12-9-3-1-2-8(10(9)13)11(16)15-6-4-14-5-7-15/h1-3,14H,4-7,13H2. The number of nitrogen functional groups attached to an aromatic ring is 1. The van der Waals surface area contributed by atoms with Gasteiger partial charge in [0.15, 0.2) is 0 Å². The highest BCUT2D eigenvalue weighted by Gasteiger charge is 2.20. The molecule has 1 fully saturated rings. The summed E-state index contributed by atoms with van der Waals surface area (Å²) in [5.74, 6) is 0.0142. The third kappa shape index (κ3) is 2.20. The summed E-state index contributed by atoms with van der Waals surface area (Å²) in [6.07, 6.45) is 0. The van der Waals surface area contributed by atoms with Crippen molar-refractivity contribution in [3.05, 3.63) is 28.2 Å². The van der Waals surface area contributed by atoms with Crippen LogP contribution in [-0.4, -0.2) is 37.0 Å². The molecule has 0 unspecified atom stereocenters. The number of amides is 1. The number of halogens is 1. The van der Waals surface area contributed by atoms with Crippen molar-refractivity contribution in [2.24, 2.45) is 0 Å². The van der Waals surface area contributed by atoms with Crippen LogP contribution in [0.2, 0.25) is 0 Å². The van der Waals surface area contributed by atoms with Crippen molar-refractivity contribution in [3.63, 3.8) is 0 Å². The summed E-state index contributed by atoms with van der Waals surface area (Å²) in [4.78, 5) is 14.0. The predicted octanol–water partition coefficient (Wildman–Crippen LogP) is 1.08. The van der Waals surface area contributed by atoms with Crippen molar-refractivity contribution in [2.75, 3.05) is 31.9 Å². The van der Waals surface area contributed by atoms with Crippen LogP contribution in [0.3, 0.4) is 0 Å². The van der Waals surface area contributed by atoms with Gasteiger partial charge in [-0.1, -0.05) is 6.07 Å². The minimum absolute atomic E-state index is 0.0142. The van der Waals surface area contributed by atoms with E-state index >= 15 is 0 Å². The molecule has 1 aromatic carbocycles. The molecule has 0 bridgehead atoms. The summed E-state index contributed by atoms with van der Waals surface area (Å²) < 4.78 is 0.772. The van der Waals surface area contributed by atoms with Gasteiger partial charge in [0.25, 0.3) is 5.91 Å². The Kier molecular flexibility index (Phi) is 3.46. The van der Waals surface area contributed by atoms with E-state index in [1.807, 2.05) is 17.0 Å². The Morgan fingerprint density at radius 1 is 1.38 bits per heavy atom. The van der Waals surface area contributed by atoms with E-state index in [9.17, 15) is 4.79 Å². The number of para-hydroxylation sites is 1. The largest absolute Gasteiger partial charge is 0.397 e. The van der Waals surface area contributed by atoms with Gasteiger partial charge in [0.1, 0.15) is 0 Å². The second-order valence-electron chi connectivity index (χ2n) is 3.74. The number of hydrogen-bond donors (Lipinski definition) is 2. The quantitative estimate of drug-likeness (QED) is 0.759. The Labute approximate surface area is 103 Å². The first-order chi connectivity index (χ1) is 7.70. The average molecular weight is 284 g/mol. The van der Waals surface area contributed by atoms with E-state index in [0.717, 1.165) is 30.7 Å². The highest BCUT2D eigenvalue weighted by atomic mass is 79.9. The third-order valence-corrected chi connectivity index (χ3v) is 3.38. The molecule has 16 heavy (non-hydrogen) atoms. The number of rotatable bonds is 1. The molecule has 5 heteroatoms. The monoisotopic (exact) mass is 283 g/mol. The second-order valence-corrected chi connectivity index (χ2v) is 4.60. The molecule has 4 nitrogen and oxygen atoms in total. The zero-order chi connectivity index (χ0) is 11.5. The van der Waals surface area contributed by atoms with Crippen LogP contribution < -0.4 is 11.1 Å². The molecule has 2 rings (SSSR count). The van der Waals surface area contributed by atoms with E-state index in [4.69, 9.17) is 5.73 Å². The molecule has 1 saturated heterocycles. The first-order valence-corrected chi connectivity index (χ1v) is 6.03. The molecular weight excluding hydrogens is 270 g/mol. The molecule has 0 saturated carbocycles. The number of nitrogens with one attached hydrogen (secondary N) is 1. The summed E-state index contributed by atoms with van der Waals surface area (Å²) in [7, 11) is 0. The number of piperazine rings is 1. The highest BCUT2D eigenvalue weighted by Crippen LogP contribution is 2.24. The number of nitrogens with zero attached hydrogens (tertiary/aromatic N) is 1. The molecule has 86 valence electrons. The van der Waals surface area contributed by atoms with E-state index in [1.54, 1.807) is 6.07 Å². The smallest absolute Gasteiger partial charge is 0.256 e. The zero-order valence-electron chi connectivity index (χ0n) is 8.87. The van der Waals surface area contributed by atoms with Crippen LogP contribution in [-0.2, 0) is 0 Å². The molecule has 0 aliphatic carbocycles. The van der Waals surface area contributed by atoms with E-state index in [2.05, 4.69) is 21.2 Å². The minimum atomic E-state index is 0.0142. The van der Waals surface area contributed by atoms with Crippen LogP contribution in [0.4, 0.5) is 5.69 Å². The Morgan fingerprint density at radius 3 is 2.75 bits per heavy atom. The van der Waals surface area contributed by atoms with Crippen LogP contribution in [0.1, 0.15) is 10.4 Å². The van der Waals surface area contributed by atoms with Gasteiger partial charge in [0.2, 0.25) is 0 Å². The summed E-state index contributed by atoms with van der Waals surface area (Å²) in [5.41, 5.74) is 6.98. The molecule has 1 aromatic rings. The fraction of sp³-hybridized carbons (Fsp3) is 0.364. The van der Waals surface area contributed by atoms with E-state index in [0.29, 0.717) is 11.3 Å². The molecule has 0 radical (unpaired) electrons. The molecule has 1 heterocycles. The van der Waals surface area contributed by atoms with Gasteiger partial charge in [-0.05, 0) is 28.1 Å². The average Bonchev–Trinajstić information content (AvgIpc) is 2.33. The number of hydrogen-bond acceptors (Lipinski definition) is 3. The van der Waals surface area contributed by atoms with Crippen LogP contribution in [0.15, 0.2) is 22.7 Å². The maximum absolute atomic E-state index is 12.2. The molecular formula is C11H14BrN3O. The second kappa shape index (κ2) is 4.84. The fourth-order valence-corrected chi connectivity index (χ4v) is 2.13. The Bertz CT molecular complexity index is 402. The Morgan fingerprint density at radius 2 is 2.06 bits per heavy atom. The first kappa shape index (κ1) is 11.4. The number of benzene rings is 1. The predicted molar refractivity (Wildman–Crippen MR) is 67.3 cm³/mol. The SMILES string of the molecule is Nc1c(Br)cccc1C(=O)N1CCNCC1. The zero-order valence-corrected chi connectivity index (χ0v) is 10.5. The van der Waals surface area contributed by atoms with Crippen molar-refractivity contribution in [2.45, 2.75) is 0 Å². The molecule has 0 aromatic heterocycles. The highest BCUT2D eigenvalue weighted by molar-refractivity contribution is 9.10.